The minimum atomic E-state index is -0.311. The predicted octanol–water partition coefficient (Wildman–Crippen LogP) is 3.73. The van der Waals surface area contributed by atoms with Crippen molar-refractivity contribution in [3.63, 3.8) is 0 Å². The Morgan fingerprint density at radius 1 is 0.909 bits per heavy atom. The summed E-state index contributed by atoms with van der Waals surface area (Å²) in [6.45, 7) is 0. The zero-order chi connectivity index (χ0) is 14.8. The van der Waals surface area contributed by atoms with Gasteiger partial charge in [0.15, 0.2) is 0 Å². The number of halogens is 1. The Morgan fingerprint density at radius 3 is 2.59 bits per heavy atom. The molecule has 0 bridgehead atoms. The normalized spacial score (nSPS) is 12.0. The van der Waals surface area contributed by atoms with Crippen LogP contribution < -0.4 is 5.56 Å². The van der Waals surface area contributed by atoms with Gasteiger partial charge in [-0.1, -0.05) is 18.2 Å². The number of pyridine rings is 2. The number of hydrogen-bond donors (Lipinski definition) is 0. The summed E-state index contributed by atoms with van der Waals surface area (Å²) in [7, 11) is 0. The van der Waals surface area contributed by atoms with Crippen LogP contribution in [-0.4, -0.2) is 9.38 Å². The Labute approximate surface area is 123 Å². The van der Waals surface area contributed by atoms with Crippen molar-refractivity contribution in [1.29, 1.82) is 0 Å². The highest BCUT2D eigenvalue weighted by Crippen LogP contribution is 2.32. The summed E-state index contributed by atoms with van der Waals surface area (Å²) < 4.78 is 15.3. The van der Waals surface area contributed by atoms with E-state index in [-0.39, 0.29) is 11.4 Å². The van der Waals surface area contributed by atoms with Gasteiger partial charge in [-0.15, -0.1) is 0 Å². The van der Waals surface area contributed by atoms with Crippen LogP contribution in [0.2, 0.25) is 0 Å². The van der Waals surface area contributed by atoms with Crippen LogP contribution in [0.4, 0.5) is 4.39 Å². The standard InChI is InChI=1S/C18H9FN2O/c19-10-5-6-15-14(9-10)12-7-8-20-16-11-3-1-2-4-13(11)18(22)21(15)17(12)16/h1-9H. The average molecular weight is 288 g/mol. The van der Waals surface area contributed by atoms with E-state index < -0.39 is 0 Å². The van der Waals surface area contributed by atoms with E-state index in [0.29, 0.717) is 10.9 Å². The van der Waals surface area contributed by atoms with Crippen molar-refractivity contribution in [3.05, 3.63) is 70.9 Å². The SMILES string of the molecule is O=c1c2ccccc2c2nccc3c4cc(F)ccc4n1c32. The van der Waals surface area contributed by atoms with Gasteiger partial charge in [0.2, 0.25) is 0 Å². The summed E-state index contributed by atoms with van der Waals surface area (Å²) in [6.07, 6.45) is 1.71. The van der Waals surface area contributed by atoms with E-state index in [9.17, 15) is 9.18 Å². The van der Waals surface area contributed by atoms with Crippen LogP contribution in [0, 0.1) is 5.82 Å². The molecule has 0 atom stereocenters. The van der Waals surface area contributed by atoms with Crippen molar-refractivity contribution in [2.24, 2.45) is 0 Å². The molecule has 2 aromatic carbocycles. The van der Waals surface area contributed by atoms with Crippen molar-refractivity contribution in [2.45, 2.75) is 0 Å². The van der Waals surface area contributed by atoms with Crippen LogP contribution in [-0.2, 0) is 0 Å². The van der Waals surface area contributed by atoms with Gasteiger partial charge in [-0.25, -0.2) is 4.39 Å². The van der Waals surface area contributed by atoms with Gasteiger partial charge in [0.1, 0.15) is 5.82 Å². The highest BCUT2D eigenvalue weighted by atomic mass is 19.1. The molecule has 5 aromatic rings. The van der Waals surface area contributed by atoms with Crippen LogP contribution >= 0.6 is 0 Å². The first-order valence-corrected chi connectivity index (χ1v) is 6.98. The zero-order valence-electron chi connectivity index (χ0n) is 11.4. The van der Waals surface area contributed by atoms with Crippen molar-refractivity contribution in [3.8, 4) is 0 Å². The fourth-order valence-corrected chi connectivity index (χ4v) is 3.34. The first-order valence-electron chi connectivity index (χ1n) is 6.98. The minimum Gasteiger partial charge on any atom is -0.273 e. The second-order valence-electron chi connectivity index (χ2n) is 5.40. The van der Waals surface area contributed by atoms with Crippen LogP contribution in [0.25, 0.3) is 38.1 Å². The maximum absolute atomic E-state index is 13.6. The molecule has 22 heavy (non-hydrogen) atoms. The van der Waals surface area contributed by atoms with Gasteiger partial charge in [-0.2, -0.15) is 0 Å². The topological polar surface area (TPSA) is 34.4 Å². The molecular formula is C18H9FN2O. The number of aromatic nitrogens is 2. The monoisotopic (exact) mass is 288 g/mol. The lowest BCUT2D eigenvalue weighted by Gasteiger charge is -2.04. The second-order valence-corrected chi connectivity index (χ2v) is 5.40. The summed E-state index contributed by atoms with van der Waals surface area (Å²) in [4.78, 5) is 17.4. The fourth-order valence-electron chi connectivity index (χ4n) is 3.34. The zero-order valence-corrected chi connectivity index (χ0v) is 11.4. The largest absolute Gasteiger partial charge is 0.273 e. The Kier molecular flexibility index (Phi) is 2.01. The van der Waals surface area contributed by atoms with Crippen LogP contribution in [0.5, 0.6) is 0 Å². The molecule has 4 heteroatoms. The molecule has 0 fully saturated rings. The lowest BCUT2D eigenvalue weighted by atomic mass is 10.1. The maximum Gasteiger partial charge on any atom is 0.263 e. The number of benzene rings is 2. The lowest BCUT2D eigenvalue weighted by Crippen LogP contribution is -2.13. The smallest absolute Gasteiger partial charge is 0.263 e. The molecule has 0 spiro atoms. The Hall–Kier alpha value is -3.01. The van der Waals surface area contributed by atoms with Gasteiger partial charge < -0.3 is 0 Å². The molecule has 0 saturated heterocycles. The van der Waals surface area contributed by atoms with Gasteiger partial charge in [0.05, 0.1) is 16.6 Å². The molecule has 3 nitrogen and oxygen atoms in total. The number of hydrogen-bond acceptors (Lipinski definition) is 2. The molecule has 0 aliphatic carbocycles. The summed E-state index contributed by atoms with van der Waals surface area (Å²) >= 11 is 0. The minimum absolute atomic E-state index is 0.0947. The molecule has 3 aromatic heterocycles. The molecule has 104 valence electrons. The third kappa shape index (κ3) is 1.25. The molecule has 3 heterocycles. The average Bonchev–Trinajstić information content (AvgIpc) is 2.88. The van der Waals surface area contributed by atoms with Crippen molar-refractivity contribution in [1.82, 2.24) is 9.38 Å². The summed E-state index contributed by atoms with van der Waals surface area (Å²) in [5.41, 5.74) is 2.14. The number of nitrogens with zero attached hydrogens (tertiary/aromatic N) is 2. The first kappa shape index (κ1) is 11.6. The van der Waals surface area contributed by atoms with E-state index >= 15 is 0 Å². The first-order chi connectivity index (χ1) is 10.8. The van der Waals surface area contributed by atoms with E-state index in [0.717, 1.165) is 27.2 Å². The summed E-state index contributed by atoms with van der Waals surface area (Å²) in [5, 5.41) is 3.04. The number of rotatable bonds is 0. The third-order valence-electron chi connectivity index (χ3n) is 4.25. The van der Waals surface area contributed by atoms with Gasteiger partial charge in [0, 0.05) is 27.7 Å². The molecule has 5 rings (SSSR count). The van der Waals surface area contributed by atoms with E-state index in [1.165, 1.54) is 12.1 Å². The molecule has 0 unspecified atom stereocenters. The Morgan fingerprint density at radius 2 is 1.73 bits per heavy atom. The van der Waals surface area contributed by atoms with E-state index in [2.05, 4.69) is 4.98 Å². The lowest BCUT2D eigenvalue weighted by molar-refractivity contribution is 0.630. The molecule has 0 radical (unpaired) electrons. The van der Waals surface area contributed by atoms with Crippen LogP contribution in [0.1, 0.15) is 0 Å². The Bertz CT molecular complexity index is 1260. The van der Waals surface area contributed by atoms with E-state index in [1.54, 1.807) is 22.7 Å². The highest BCUT2D eigenvalue weighted by molar-refractivity contribution is 6.18. The van der Waals surface area contributed by atoms with Crippen molar-refractivity contribution < 1.29 is 4.39 Å². The quantitative estimate of drug-likeness (QED) is 0.407. The molecular weight excluding hydrogens is 279 g/mol. The number of fused-ring (bicyclic) bond motifs is 5. The Balaban J connectivity index is 2.29. The van der Waals surface area contributed by atoms with E-state index in [1.807, 2.05) is 24.3 Å². The molecule has 0 amide bonds. The van der Waals surface area contributed by atoms with Gasteiger partial charge >= 0.3 is 0 Å². The van der Waals surface area contributed by atoms with Crippen molar-refractivity contribution in [2.75, 3.05) is 0 Å². The van der Waals surface area contributed by atoms with Gasteiger partial charge in [0.25, 0.3) is 5.56 Å². The third-order valence-corrected chi connectivity index (χ3v) is 4.25. The summed E-state index contributed by atoms with van der Waals surface area (Å²) in [5.74, 6) is -0.311. The second kappa shape index (κ2) is 3.80. The molecule has 0 N–H and O–H groups in total. The van der Waals surface area contributed by atoms with Gasteiger partial charge in [-0.05, 0) is 30.3 Å². The molecule has 0 aliphatic rings. The highest BCUT2D eigenvalue weighted by Gasteiger charge is 2.17. The van der Waals surface area contributed by atoms with E-state index in [4.69, 9.17) is 0 Å². The fraction of sp³-hybridized carbons (Fsp3) is 0. The van der Waals surface area contributed by atoms with Crippen molar-refractivity contribution >= 4 is 38.1 Å². The van der Waals surface area contributed by atoms with Crippen LogP contribution in [0.15, 0.2) is 59.5 Å². The molecule has 0 aliphatic heterocycles. The predicted molar refractivity (Wildman–Crippen MR) is 85.1 cm³/mol. The van der Waals surface area contributed by atoms with Crippen LogP contribution in [0.3, 0.4) is 0 Å². The maximum atomic E-state index is 13.6. The van der Waals surface area contributed by atoms with Gasteiger partial charge in [-0.3, -0.25) is 14.2 Å². The molecule has 0 saturated carbocycles. The summed E-state index contributed by atoms with van der Waals surface area (Å²) in [6, 6.07) is 13.8.